The summed E-state index contributed by atoms with van der Waals surface area (Å²) in [5, 5.41) is 3.60. The molecule has 1 N–H and O–H groups in total. The molecular formula is C22H25N3O4S. The number of amides is 1. The van der Waals surface area contributed by atoms with Crippen LogP contribution >= 0.6 is 0 Å². The van der Waals surface area contributed by atoms with E-state index >= 15 is 0 Å². The quantitative estimate of drug-likeness (QED) is 0.586. The highest BCUT2D eigenvalue weighted by Crippen LogP contribution is 2.19. The SMILES string of the molecule is O=C(NCCCS(=O)(=O)N1CCN(c2ccccc2)CC1)c1cc2ccccc2o1. The zero-order chi connectivity index (χ0) is 21.0. The number of hydrogen-bond donors (Lipinski definition) is 1. The van der Waals surface area contributed by atoms with E-state index in [2.05, 4.69) is 10.2 Å². The third kappa shape index (κ3) is 4.66. The molecule has 1 aliphatic heterocycles. The van der Waals surface area contributed by atoms with E-state index in [1.54, 1.807) is 16.4 Å². The minimum Gasteiger partial charge on any atom is -0.451 e. The van der Waals surface area contributed by atoms with Gasteiger partial charge in [-0.25, -0.2) is 8.42 Å². The molecule has 1 aromatic heterocycles. The Bertz CT molecular complexity index is 1070. The van der Waals surface area contributed by atoms with E-state index in [1.807, 2.05) is 48.5 Å². The second-order valence-corrected chi connectivity index (χ2v) is 9.38. The van der Waals surface area contributed by atoms with E-state index in [9.17, 15) is 13.2 Å². The number of piperazine rings is 1. The Hall–Kier alpha value is -2.84. The minimum atomic E-state index is -3.34. The van der Waals surface area contributed by atoms with Gasteiger partial charge in [-0.2, -0.15) is 4.31 Å². The normalized spacial score (nSPS) is 15.4. The maximum absolute atomic E-state index is 12.6. The zero-order valence-electron chi connectivity index (χ0n) is 16.7. The van der Waals surface area contributed by atoms with Crippen molar-refractivity contribution in [3.05, 3.63) is 66.4 Å². The van der Waals surface area contributed by atoms with Gasteiger partial charge in [0.15, 0.2) is 5.76 Å². The molecule has 0 unspecified atom stereocenters. The number of para-hydroxylation sites is 2. The van der Waals surface area contributed by atoms with Gasteiger partial charge >= 0.3 is 0 Å². The Morgan fingerprint density at radius 2 is 1.67 bits per heavy atom. The molecule has 0 spiro atoms. The van der Waals surface area contributed by atoms with Crippen LogP contribution in [0.2, 0.25) is 0 Å². The van der Waals surface area contributed by atoms with Crippen LogP contribution in [0.25, 0.3) is 11.0 Å². The van der Waals surface area contributed by atoms with Gasteiger partial charge in [0.1, 0.15) is 5.58 Å². The molecule has 8 heteroatoms. The Kier molecular flexibility index (Phi) is 6.06. The van der Waals surface area contributed by atoms with E-state index in [1.165, 1.54) is 0 Å². The van der Waals surface area contributed by atoms with Crippen LogP contribution in [-0.4, -0.2) is 57.1 Å². The molecule has 2 aromatic carbocycles. The summed E-state index contributed by atoms with van der Waals surface area (Å²) in [5.74, 6) is -0.0881. The monoisotopic (exact) mass is 427 g/mol. The van der Waals surface area contributed by atoms with E-state index in [0.717, 1.165) is 11.1 Å². The smallest absolute Gasteiger partial charge is 0.287 e. The number of fused-ring (bicyclic) bond motifs is 1. The van der Waals surface area contributed by atoms with Crippen LogP contribution in [0.3, 0.4) is 0 Å². The van der Waals surface area contributed by atoms with Crippen LogP contribution in [-0.2, 0) is 10.0 Å². The number of nitrogens with zero attached hydrogens (tertiary/aromatic N) is 2. The number of hydrogen-bond acceptors (Lipinski definition) is 5. The average Bonchev–Trinajstić information content (AvgIpc) is 3.22. The molecule has 7 nitrogen and oxygen atoms in total. The van der Waals surface area contributed by atoms with Crippen molar-refractivity contribution in [1.82, 2.24) is 9.62 Å². The molecule has 0 aliphatic carbocycles. The molecular weight excluding hydrogens is 402 g/mol. The third-order valence-electron chi connectivity index (χ3n) is 5.27. The van der Waals surface area contributed by atoms with Crippen molar-refractivity contribution in [2.45, 2.75) is 6.42 Å². The van der Waals surface area contributed by atoms with Gasteiger partial charge in [0, 0.05) is 43.8 Å². The van der Waals surface area contributed by atoms with Crippen LogP contribution in [0, 0.1) is 0 Å². The molecule has 4 rings (SSSR count). The Balaban J connectivity index is 1.23. The summed E-state index contributed by atoms with van der Waals surface area (Å²) in [6.45, 7) is 2.57. The van der Waals surface area contributed by atoms with Gasteiger partial charge in [0.2, 0.25) is 10.0 Å². The number of carbonyl (C=O) groups excluding carboxylic acids is 1. The number of anilines is 1. The fourth-order valence-electron chi connectivity index (χ4n) is 3.63. The van der Waals surface area contributed by atoms with Crippen LogP contribution in [0.5, 0.6) is 0 Å². The molecule has 1 amide bonds. The fraction of sp³-hybridized carbons (Fsp3) is 0.318. The molecule has 1 saturated heterocycles. The average molecular weight is 428 g/mol. The standard InChI is InChI=1S/C22H25N3O4S/c26-22(21-17-18-7-4-5-10-20(18)29-21)23-11-6-16-30(27,28)25-14-12-24(13-15-25)19-8-2-1-3-9-19/h1-5,7-10,17H,6,11-16H2,(H,23,26). The molecule has 158 valence electrons. The summed E-state index contributed by atoms with van der Waals surface area (Å²) in [5.41, 5.74) is 1.77. The molecule has 0 radical (unpaired) electrons. The predicted molar refractivity (Wildman–Crippen MR) is 117 cm³/mol. The lowest BCUT2D eigenvalue weighted by atomic mass is 10.2. The van der Waals surface area contributed by atoms with Crippen molar-refractivity contribution < 1.29 is 17.6 Å². The van der Waals surface area contributed by atoms with E-state index in [-0.39, 0.29) is 24.0 Å². The molecule has 0 bridgehead atoms. The lowest BCUT2D eigenvalue weighted by Crippen LogP contribution is -2.49. The van der Waals surface area contributed by atoms with Crippen molar-refractivity contribution in [3.8, 4) is 0 Å². The summed E-state index contributed by atoms with van der Waals surface area (Å²) >= 11 is 0. The van der Waals surface area contributed by atoms with Crippen molar-refractivity contribution in [3.63, 3.8) is 0 Å². The number of rotatable bonds is 7. The Morgan fingerprint density at radius 3 is 2.40 bits per heavy atom. The predicted octanol–water partition coefficient (Wildman–Crippen LogP) is 2.70. The number of sulfonamides is 1. The fourth-order valence-corrected chi connectivity index (χ4v) is 5.12. The van der Waals surface area contributed by atoms with Crippen LogP contribution in [0.4, 0.5) is 5.69 Å². The summed E-state index contributed by atoms with van der Waals surface area (Å²) in [6, 6.07) is 19.1. The summed E-state index contributed by atoms with van der Waals surface area (Å²) < 4.78 is 32.3. The second-order valence-electron chi connectivity index (χ2n) is 7.30. The maximum Gasteiger partial charge on any atom is 0.287 e. The first-order valence-corrected chi connectivity index (χ1v) is 11.7. The molecule has 30 heavy (non-hydrogen) atoms. The van der Waals surface area contributed by atoms with Gasteiger partial charge in [-0.15, -0.1) is 0 Å². The van der Waals surface area contributed by atoms with Gasteiger partial charge in [-0.05, 0) is 30.7 Å². The van der Waals surface area contributed by atoms with Crippen molar-refractivity contribution >= 4 is 32.6 Å². The first-order valence-electron chi connectivity index (χ1n) is 10.1. The maximum atomic E-state index is 12.6. The number of carbonyl (C=O) groups is 1. The van der Waals surface area contributed by atoms with Crippen molar-refractivity contribution in [2.24, 2.45) is 0 Å². The molecule has 3 aromatic rings. The van der Waals surface area contributed by atoms with E-state index in [4.69, 9.17) is 4.42 Å². The van der Waals surface area contributed by atoms with Gasteiger partial charge in [0.25, 0.3) is 5.91 Å². The van der Waals surface area contributed by atoms with Gasteiger partial charge in [-0.3, -0.25) is 4.79 Å². The lowest BCUT2D eigenvalue weighted by Gasteiger charge is -2.35. The second kappa shape index (κ2) is 8.89. The first-order chi connectivity index (χ1) is 14.5. The zero-order valence-corrected chi connectivity index (χ0v) is 17.5. The molecule has 0 atom stereocenters. The van der Waals surface area contributed by atoms with E-state index < -0.39 is 10.0 Å². The number of furan rings is 1. The largest absolute Gasteiger partial charge is 0.451 e. The van der Waals surface area contributed by atoms with Crippen molar-refractivity contribution in [2.75, 3.05) is 43.4 Å². The van der Waals surface area contributed by atoms with Crippen LogP contribution in [0.1, 0.15) is 17.0 Å². The number of nitrogens with one attached hydrogen (secondary N) is 1. The number of benzene rings is 2. The summed E-state index contributed by atoms with van der Waals surface area (Å²) in [7, 11) is -3.34. The Labute approximate surface area is 176 Å². The van der Waals surface area contributed by atoms with Gasteiger partial charge < -0.3 is 14.6 Å². The van der Waals surface area contributed by atoms with Crippen molar-refractivity contribution in [1.29, 1.82) is 0 Å². The highest BCUT2D eigenvalue weighted by molar-refractivity contribution is 7.89. The highest BCUT2D eigenvalue weighted by atomic mass is 32.2. The van der Waals surface area contributed by atoms with E-state index in [0.29, 0.717) is 38.2 Å². The summed E-state index contributed by atoms with van der Waals surface area (Å²) in [6.07, 6.45) is 0.354. The highest BCUT2D eigenvalue weighted by Gasteiger charge is 2.26. The van der Waals surface area contributed by atoms with Gasteiger partial charge in [-0.1, -0.05) is 36.4 Å². The van der Waals surface area contributed by atoms with Crippen LogP contribution < -0.4 is 10.2 Å². The van der Waals surface area contributed by atoms with Gasteiger partial charge in [0.05, 0.1) is 5.75 Å². The molecule has 0 saturated carbocycles. The summed E-state index contributed by atoms with van der Waals surface area (Å²) in [4.78, 5) is 14.4. The lowest BCUT2D eigenvalue weighted by molar-refractivity contribution is 0.0928. The molecule has 2 heterocycles. The third-order valence-corrected chi connectivity index (χ3v) is 7.22. The topological polar surface area (TPSA) is 82.9 Å². The molecule has 1 aliphatic rings. The van der Waals surface area contributed by atoms with Crippen LogP contribution in [0.15, 0.2) is 65.1 Å². The molecule has 1 fully saturated rings. The minimum absolute atomic E-state index is 0.0126. The Morgan fingerprint density at radius 1 is 0.967 bits per heavy atom. The first kappa shape index (κ1) is 20.4.